The van der Waals surface area contributed by atoms with Gasteiger partial charge < -0.3 is 5.32 Å². The Bertz CT molecular complexity index is 378. The average Bonchev–Trinajstić information content (AvgIpc) is 2.20. The van der Waals surface area contributed by atoms with E-state index in [2.05, 4.69) is 26.1 Å². The van der Waals surface area contributed by atoms with Crippen LogP contribution < -0.4 is 5.32 Å². The van der Waals surface area contributed by atoms with Crippen LogP contribution in [-0.2, 0) is 11.2 Å². The summed E-state index contributed by atoms with van der Waals surface area (Å²) < 4.78 is 0. The van der Waals surface area contributed by atoms with Crippen LogP contribution in [0, 0.1) is 5.41 Å². The maximum Gasteiger partial charge on any atom is 0.224 e. The molecule has 17 heavy (non-hydrogen) atoms. The Balaban J connectivity index is 2.53. The molecule has 94 valence electrons. The SMILES string of the molecule is C[C@@H](NC(=O)Cc1ccc(Cl)cc1)C(C)(C)C. The molecule has 2 nitrogen and oxygen atoms in total. The van der Waals surface area contributed by atoms with Gasteiger partial charge in [0.05, 0.1) is 6.42 Å². The Kier molecular flexibility index (Phi) is 4.58. The number of rotatable bonds is 3. The summed E-state index contributed by atoms with van der Waals surface area (Å²) in [5, 5.41) is 3.70. The predicted octanol–water partition coefficient (Wildman–Crippen LogP) is 3.43. The van der Waals surface area contributed by atoms with Crippen molar-refractivity contribution in [3.8, 4) is 0 Å². The van der Waals surface area contributed by atoms with Gasteiger partial charge >= 0.3 is 0 Å². The van der Waals surface area contributed by atoms with E-state index in [9.17, 15) is 4.79 Å². The molecule has 1 atom stereocenters. The Morgan fingerprint density at radius 3 is 2.29 bits per heavy atom. The Morgan fingerprint density at radius 2 is 1.82 bits per heavy atom. The smallest absolute Gasteiger partial charge is 0.224 e. The van der Waals surface area contributed by atoms with Crippen LogP contribution >= 0.6 is 11.6 Å². The average molecular weight is 254 g/mol. The maximum absolute atomic E-state index is 11.8. The summed E-state index contributed by atoms with van der Waals surface area (Å²) in [7, 11) is 0. The third-order valence-electron chi connectivity index (χ3n) is 2.95. The van der Waals surface area contributed by atoms with E-state index in [-0.39, 0.29) is 17.4 Å². The fraction of sp³-hybridized carbons (Fsp3) is 0.500. The van der Waals surface area contributed by atoms with Crippen molar-refractivity contribution in [3.05, 3.63) is 34.9 Å². The lowest BCUT2D eigenvalue weighted by Gasteiger charge is -2.28. The van der Waals surface area contributed by atoms with E-state index >= 15 is 0 Å². The lowest BCUT2D eigenvalue weighted by Crippen LogP contribution is -2.42. The predicted molar refractivity (Wildman–Crippen MR) is 72.2 cm³/mol. The van der Waals surface area contributed by atoms with Crippen LogP contribution in [0.1, 0.15) is 33.3 Å². The summed E-state index contributed by atoms with van der Waals surface area (Å²) >= 11 is 5.79. The number of benzene rings is 1. The molecule has 0 heterocycles. The van der Waals surface area contributed by atoms with Gasteiger partial charge in [0.15, 0.2) is 0 Å². The van der Waals surface area contributed by atoms with Crippen molar-refractivity contribution < 1.29 is 4.79 Å². The molecule has 0 aliphatic rings. The van der Waals surface area contributed by atoms with Crippen molar-refractivity contribution in [2.24, 2.45) is 5.41 Å². The van der Waals surface area contributed by atoms with Crippen LogP contribution in [0.25, 0.3) is 0 Å². The summed E-state index contributed by atoms with van der Waals surface area (Å²) in [5.74, 6) is 0.0507. The normalized spacial score (nSPS) is 13.2. The van der Waals surface area contributed by atoms with Gasteiger partial charge in [-0.1, -0.05) is 44.5 Å². The van der Waals surface area contributed by atoms with Crippen molar-refractivity contribution in [2.45, 2.75) is 40.2 Å². The minimum Gasteiger partial charge on any atom is -0.353 e. The zero-order valence-electron chi connectivity index (χ0n) is 10.9. The number of amides is 1. The number of hydrogen-bond donors (Lipinski definition) is 1. The van der Waals surface area contributed by atoms with Crippen molar-refractivity contribution in [2.75, 3.05) is 0 Å². The van der Waals surface area contributed by atoms with Crippen LogP contribution in [0.4, 0.5) is 0 Å². The van der Waals surface area contributed by atoms with Gasteiger partial charge in [0, 0.05) is 11.1 Å². The van der Waals surface area contributed by atoms with Crippen molar-refractivity contribution in [1.82, 2.24) is 5.32 Å². The molecule has 0 saturated heterocycles. The summed E-state index contributed by atoms with van der Waals surface area (Å²) in [5.41, 5.74) is 1.06. The van der Waals surface area contributed by atoms with E-state index in [4.69, 9.17) is 11.6 Å². The van der Waals surface area contributed by atoms with Gasteiger partial charge in [-0.05, 0) is 30.0 Å². The molecule has 1 aromatic rings. The molecule has 0 aliphatic carbocycles. The van der Waals surface area contributed by atoms with Crippen LogP contribution in [-0.4, -0.2) is 11.9 Å². The van der Waals surface area contributed by atoms with E-state index in [1.165, 1.54) is 0 Å². The Labute approximate surface area is 108 Å². The zero-order valence-corrected chi connectivity index (χ0v) is 11.6. The summed E-state index contributed by atoms with van der Waals surface area (Å²) in [6, 6.07) is 7.52. The van der Waals surface area contributed by atoms with Gasteiger partial charge in [-0.2, -0.15) is 0 Å². The molecule has 0 bridgehead atoms. The van der Waals surface area contributed by atoms with Crippen molar-refractivity contribution in [3.63, 3.8) is 0 Å². The fourth-order valence-corrected chi connectivity index (χ4v) is 1.42. The third-order valence-corrected chi connectivity index (χ3v) is 3.21. The topological polar surface area (TPSA) is 29.1 Å². The second kappa shape index (κ2) is 5.54. The second-order valence-corrected chi connectivity index (χ2v) is 5.89. The molecule has 1 rings (SSSR count). The first-order valence-electron chi connectivity index (χ1n) is 5.83. The number of nitrogens with one attached hydrogen (secondary N) is 1. The largest absolute Gasteiger partial charge is 0.353 e. The minimum absolute atomic E-state index is 0.0507. The highest BCUT2D eigenvalue weighted by atomic mass is 35.5. The number of hydrogen-bond acceptors (Lipinski definition) is 1. The zero-order chi connectivity index (χ0) is 13.1. The molecule has 1 aromatic carbocycles. The Hall–Kier alpha value is -1.02. The Morgan fingerprint density at radius 1 is 1.29 bits per heavy atom. The monoisotopic (exact) mass is 253 g/mol. The van der Waals surface area contributed by atoms with Gasteiger partial charge in [0.2, 0.25) is 5.91 Å². The van der Waals surface area contributed by atoms with E-state index < -0.39 is 0 Å². The van der Waals surface area contributed by atoms with Crippen LogP contribution in [0.2, 0.25) is 5.02 Å². The molecule has 0 spiro atoms. The first-order valence-corrected chi connectivity index (χ1v) is 6.20. The molecule has 1 amide bonds. The molecule has 0 unspecified atom stereocenters. The molecule has 0 aromatic heterocycles. The third kappa shape index (κ3) is 4.78. The molecule has 3 heteroatoms. The van der Waals surface area contributed by atoms with Crippen LogP contribution in [0.3, 0.4) is 0 Å². The standard InChI is InChI=1S/C14H20ClNO/c1-10(14(2,3)4)16-13(17)9-11-5-7-12(15)8-6-11/h5-8,10H,9H2,1-4H3,(H,16,17)/t10-/m1/s1. The molecule has 0 fully saturated rings. The van der Waals surface area contributed by atoms with Crippen molar-refractivity contribution in [1.29, 1.82) is 0 Å². The highest BCUT2D eigenvalue weighted by Gasteiger charge is 2.21. The lowest BCUT2D eigenvalue weighted by molar-refractivity contribution is -0.121. The molecule has 1 N–H and O–H groups in total. The number of carbonyl (C=O) groups is 1. The number of halogens is 1. The lowest BCUT2D eigenvalue weighted by atomic mass is 9.88. The highest BCUT2D eigenvalue weighted by molar-refractivity contribution is 6.30. The summed E-state index contributed by atoms with van der Waals surface area (Å²) in [4.78, 5) is 11.8. The molecular weight excluding hydrogens is 234 g/mol. The van der Waals surface area contributed by atoms with E-state index in [0.717, 1.165) is 5.56 Å². The highest BCUT2D eigenvalue weighted by Crippen LogP contribution is 2.18. The minimum atomic E-state index is 0.0507. The molecular formula is C14H20ClNO. The van der Waals surface area contributed by atoms with Crippen molar-refractivity contribution >= 4 is 17.5 Å². The molecule has 0 aliphatic heterocycles. The van der Waals surface area contributed by atoms with Gasteiger partial charge in [-0.15, -0.1) is 0 Å². The van der Waals surface area contributed by atoms with Gasteiger partial charge in [0.1, 0.15) is 0 Å². The second-order valence-electron chi connectivity index (χ2n) is 5.46. The van der Waals surface area contributed by atoms with E-state index in [0.29, 0.717) is 11.4 Å². The van der Waals surface area contributed by atoms with E-state index in [1.807, 2.05) is 19.1 Å². The molecule has 0 radical (unpaired) electrons. The summed E-state index contributed by atoms with van der Waals surface area (Å²) in [6.07, 6.45) is 0.400. The quantitative estimate of drug-likeness (QED) is 0.879. The van der Waals surface area contributed by atoms with Gasteiger partial charge in [-0.3, -0.25) is 4.79 Å². The van der Waals surface area contributed by atoms with Gasteiger partial charge in [-0.25, -0.2) is 0 Å². The van der Waals surface area contributed by atoms with Crippen LogP contribution in [0.15, 0.2) is 24.3 Å². The fourth-order valence-electron chi connectivity index (χ4n) is 1.30. The molecule has 0 saturated carbocycles. The van der Waals surface area contributed by atoms with Gasteiger partial charge in [0.25, 0.3) is 0 Å². The van der Waals surface area contributed by atoms with Crippen LogP contribution in [0.5, 0.6) is 0 Å². The first kappa shape index (κ1) is 14.0. The number of carbonyl (C=O) groups excluding carboxylic acids is 1. The summed E-state index contributed by atoms with van der Waals surface area (Å²) in [6.45, 7) is 8.36. The maximum atomic E-state index is 11.8. The van der Waals surface area contributed by atoms with E-state index in [1.54, 1.807) is 12.1 Å². The first-order chi connectivity index (χ1) is 7.79.